The molecule has 0 fully saturated rings. The molecule has 13 heteroatoms. The van der Waals surface area contributed by atoms with Gasteiger partial charge in [-0.3, -0.25) is 9.88 Å². The topological polar surface area (TPSA) is 89.3 Å². The molecule has 4 rings (SSSR count). The third-order valence-electron chi connectivity index (χ3n) is 6.74. The van der Waals surface area contributed by atoms with Crippen LogP contribution in [-0.2, 0) is 31.2 Å². The number of alkyl halides is 4. The van der Waals surface area contributed by atoms with Gasteiger partial charge in [-0.1, -0.05) is 18.1 Å². The number of hydrogen-bond acceptors (Lipinski definition) is 7. The number of benzene rings is 1. The number of halogens is 4. The highest BCUT2D eigenvalue weighted by molar-refractivity contribution is 5.91. The standard InChI is InChI=1S/C26H31F4N7O2/c1-6-20-12-22(21-8-15(3)31-16(4)23(21)37(20)25(38)39-7-2)36(24-32-34-35(5)33-24)14-18-9-17(13-27)10-19(11-18)26(28,29)30/h8-11,20,22H,6-7,12-14H2,1-5H3. The Kier molecular flexibility index (Phi) is 8.07. The number of hydrogen-bond donors (Lipinski definition) is 0. The lowest BCUT2D eigenvalue weighted by atomic mass is 9.88. The minimum absolute atomic E-state index is 0.0526. The molecule has 3 aromatic rings. The van der Waals surface area contributed by atoms with Gasteiger partial charge in [0.25, 0.3) is 5.95 Å². The predicted molar refractivity (Wildman–Crippen MR) is 136 cm³/mol. The van der Waals surface area contributed by atoms with Gasteiger partial charge in [0.1, 0.15) is 6.67 Å². The number of nitrogens with zero attached hydrogens (tertiary/aromatic N) is 7. The number of pyridine rings is 1. The highest BCUT2D eigenvalue weighted by Gasteiger charge is 2.41. The maximum atomic E-state index is 13.6. The van der Waals surface area contributed by atoms with E-state index in [1.165, 1.54) is 10.9 Å². The molecule has 9 nitrogen and oxygen atoms in total. The van der Waals surface area contributed by atoms with Crippen LogP contribution in [0.5, 0.6) is 0 Å². The summed E-state index contributed by atoms with van der Waals surface area (Å²) in [6.07, 6.45) is -4.13. The van der Waals surface area contributed by atoms with Crippen LogP contribution in [0.4, 0.5) is 34.0 Å². The molecule has 1 aliphatic rings. The molecule has 2 unspecified atom stereocenters. The normalized spacial score (nSPS) is 17.2. The fraction of sp³-hybridized carbons (Fsp3) is 0.500. The number of anilines is 2. The molecule has 0 N–H and O–H groups in total. The molecule has 0 radical (unpaired) electrons. The Balaban J connectivity index is 1.89. The van der Waals surface area contributed by atoms with Crippen LogP contribution in [0.15, 0.2) is 24.3 Å². The number of amides is 1. The molecule has 2 aromatic heterocycles. The predicted octanol–water partition coefficient (Wildman–Crippen LogP) is 5.60. The van der Waals surface area contributed by atoms with Gasteiger partial charge in [-0.15, -0.1) is 5.10 Å². The van der Waals surface area contributed by atoms with Crippen molar-refractivity contribution in [2.24, 2.45) is 7.05 Å². The Morgan fingerprint density at radius 1 is 1.15 bits per heavy atom. The van der Waals surface area contributed by atoms with Crippen molar-refractivity contribution in [2.45, 2.75) is 72.0 Å². The van der Waals surface area contributed by atoms with Crippen LogP contribution in [0.2, 0.25) is 0 Å². The third-order valence-corrected chi connectivity index (χ3v) is 6.74. The number of rotatable bonds is 7. The van der Waals surface area contributed by atoms with Crippen LogP contribution in [0.3, 0.4) is 0 Å². The van der Waals surface area contributed by atoms with Crippen LogP contribution >= 0.6 is 0 Å². The average Bonchev–Trinajstić information content (AvgIpc) is 3.31. The van der Waals surface area contributed by atoms with Crippen molar-refractivity contribution in [3.05, 3.63) is 57.9 Å². The van der Waals surface area contributed by atoms with Crippen LogP contribution in [-0.4, -0.2) is 43.9 Å². The smallest absolute Gasteiger partial charge is 0.416 e. The van der Waals surface area contributed by atoms with E-state index in [0.29, 0.717) is 29.9 Å². The first-order valence-corrected chi connectivity index (χ1v) is 12.7. The molecule has 0 spiro atoms. The van der Waals surface area contributed by atoms with Crippen molar-refractivity contribution in [3.8, 4) is 0 Å². The van der Waals surface area contributed by atoms with Gasteiger partial charge in [0.15, 0.2) is 0 Å². The summed E-state index contributed by atoms with van der Waals surface area (Å²) < 4.78 is 59.9. The fourth-order valence-corrected chi connectivity index (χ4v) is 5.17. The fourth-order valence-electron chi connectivity index (χ4n) is 5.17. The van der Waals surface area contributed by atoms with E-state index < -0.39 is 30.5 Å². The number of aryl methyl sites for hydroxylation is 3. The van der Waals surface area contributed by atoms with Crippen molar-refractivity contribution >= 4 is 17.7 Å². The van der Waals surface area contributed by atoms with Gasteiger partial charge in [-0.05, 0) is 68.2 Å². The van der Waals surface area contributed by atoms with E-state index in [2.05, 4.69) is 20.4 Å². The number of fused-ring (bicyclic) bond motifs is 1. The Bertz CT molecular complexity index is 1340. The summed E-state index contributed by atoms with van der Waals surface area (Å²) in [6.45, 7) is 6.42. The molecule has 39 heavy (non-hydrogen) atoms. The summed E-state index contributed by atoms with van der Waals surface area (Å²) in [5, 5.41) is 12.5. The summed E-state index contributed by atoms with van der Waals surface area (Å²) >= 11 is 0. The average molecular weight is 550 g/mol. The summed E-state index contributed by atoms with van der Waals surface area (Å²) in [5.74, 6) is 0.194. The summed E-state index contributed by atoms with van der Waals surface area (Å²) in [5.41, 5.74) is 1.89. The van der Waals surface area contributed by atoms with E-state index in [-0.39, 0.29) is 36.3 Å². The van der Waals surface area contributed by atoms with Gasteiger partial charge in [0.2, 0.25) is 0 Å². The quantitative estimate of drug-likeness (QED) is 0.354. The number of tetrazole rings is 1. The second-order valence-electron chi connectivity index (χ2n) is 9.55. The van der Waals surface area contributed by atoms with Gasteiger partial charge < -0.3 is 9.64 Å². The molecular formula is C26H31F4N7O2. The van der Waals surface area contributed by atoms with Gasteiger partial charge in [0.05, 0.1) is 36.6 Å². The van der Waals surface area contributed by atoms with Crippen molar-refractivity contribution < 1.29 is 27.1 Å². The summed E-state index contributed by atoms with van der Waals surface area (Å²) in [7, 11) is 1.59. The molecule has 0 saturated heterocycles. The molecule has 3 heterocycles. The Hall–Kier alpha value is -3.77. The van der Waals surface area contributed by atoms with E-state index in [9.17, 15) is 22.4 Å². The lowest BCUT2D eigenvalue weighted by molar-refractivity contribution is -0.137. The van der Waals surface area contributed by atoms with Crippen molar-refractivity contribution in [1.29, 1.82) is 0 Å². The third kappa shape index (κ3) is 5.81. The highest BCUT2D eigenvalue weighted by Crippen LogP contribution is 2.45. The molecule has 1 aliphatic heterocycles. The molecule has 1 amide bonds. The van der Waals surface area contributed by atoms with E-state index in [1.807, 2.05) is 19.9 Å². The van der Waals surface area contributed by atoms with Gasteiger partial charge in [-0.25, -0.2) is 9.18 Å². The zero-order valence-electron chi connectivity index (χ0n) is 22.5. The number of carbonyl (C=O) groups is 1. The second kappa shape index (κ2) is 11.1. The Morgan fingerprint density at radius 3 is 2.46 bits per heavy atom. The molecule has 2 atom stereocenters. The molecule has 210 valence electrons. The minimum atomic E-state index is -4.64. The van der Waals surface area contributed by atoms with Crippen LogP contribution in [0.1, 0.15) is 66.4 Å². The molecular weight excluding hydrogens is 518 g/mol. The molecule has 1 aromatic carbocycles. The zero-order valence-corrected chi connectivity index (χ0v) is 22.5. The number of carbonyl (C=O) groups excluding carboxylic acids is 1. The summed E-state index contributed by atoms with van der Waals surface area (Å²) in [6, 6.07) is 4.33. The Morgan fingerprint density at radius 2 is 1.87 bits per heavy atom. The monoisotopic (exact) mass is 549 g/mol. The number of aromatic nitrogens is 5. The zero-order chi connectivity index (χ0) is 28.5. The first-order valence-electron chi connectivity index (χ1n) is 12.7. The molecule has 0 bridgehead atoms. The van der Waals surface area contributed by atoms with Crippen LogP contribution in [0.25, 0.3) is 0 Å². The van der Waals surface area contributed by atoms with Crippen LogP contribution < -0.4 is 9.80 Å². The van der Waals surface area contributed by atoms with E-state index in [1.54, 1.807) is 30.7 Å². The lowest BCUT2D eigenvalue weighted by Crippen LogP contribution is -2.48. The maximum Gasteiger partial charge on any atom is 0.416 e. The van der Waals surface area contributed by atoms with Crippen molar-refractivity contribution in [1.82, 2.24) is 25.2 Å². The Labute approximate surface area is 223 Å². The van der Waals surface area contributed by atoms with Crippen molar-refractivity contribution in [2.75, 3.05) is 16.4 Å². The minimum Gasteiger partial charge on any atom is -0.449 e. The maximum absolute atomic E-state index is 13.6. The van der Waals surface area contributed by atoms with Gasteiger partial charge in [0, 0.05) is 23.8 Å². The summed E-state index contributed by atoms with van der Waals surface area (Å²) in [4.78, 5) is 22.3. The highest BCUT2D eigenvalue weighted by atomic mass is 19.4. The lowest BCUT2D eigenvalue weighted by Gasteiger charge is -2.44. The molecule has 0 saturated carbocycles. The number of ether oxygens (including phenoxy) is 1. The first-order chi connectivity index (χ1) is 18.5. The van der Waals surface area contributed by atoms with E-state index in [0.717, 1.165) is 17.7 Å². The van der Waals surface area contributed by atoms with Gasteiger partial charge >= 0.3 is 12.3 Å². The largest absolute Gasteiger partial charge is 0.449 e. The first kappa shape index (κ1) is 28.2. The SMILES string of the molecule is CCOC(=O)N1c2c(cc(C)nc2C)C(N(Cc2cc(CF)cc(C(F)(F)F)c2)c2nnn(C)n2)CC1CC. The van der Waals surface area contributed by atoms with E-state index >= 15 is 0 Å². The van der Waals surface area contributed by atoms with Crippen LogP contribution in [0, 0.1) is 13.8 Å². The molecule has 0 aliphatic carbocycles. The van der Waals surface area contributed by atoms with Gasteiger partial charge in [-0.2, -0.15) is 18.0 Å². The second-order valence-corrected chi connectivity index (χ2v) is 9.55. The van der Waals surface area contributed by atoms with Crippen molar-refractivity contribution in [3.63, 3.8) is 0 Å². The van der Waals surface area contributed by atoms with E-state index in [4.69, 9.17) is 4.74 Å².